The maximum absolute atomic E-state index is 12.7. The van der Waals surface area contributed by atoms with Gasteiger partial charge in [0, 0.05) is 48.8 Å². The standard InChI is InChI=1S/C19H25N3O3/c1-3-14-6-5-7-15-16(12-20-18(14)15)17(23)13-21-8-10-22(11-9-21)19(24)25-4-2/h5-7,12,20H,3-4,8-11,13H2,1-2H3. The van der Waals surface area contributed by atoms with E-state index in [0.29, 0.717) is 39.3 Å². The van der Waals surface area contributed by atoms with Crippen LogP contribution in [0, 0.1) is 0 Å². The molecule has 0 radical (unpaired) electrons. The number of aromatic amines is 1. The van der Waals surface area contributed by atoms with Crippen molar-refractivity contribution in [3.8, 4) is 0 Å². The van der Waals surface area contributed by atoms with Crippen molar-refractivity contribution in [1.29, 1.82) is 0 Å². The molecule has 1 saturated heterocycles. The molecular formula is C19H25N3O3. The fourth-order valence-corrected chi connectivity index (χ4v) is 3.33. The molecule has 25 heavy (non-hydrogen) atoms. The first-order chi connectivity index (χ1) is 12.1. The van der Waals surface area contributed by atoms with E-state index in [9.17, 15) is 9.59 Å². The molecule has 1 aromatic heterocycles. The third-order valence-electron chi connectivity index (χ3n) is 4.75. The van der Waals surface area contributed by atoms with Gasteiger partial charge < -0.3 is 14.6 Å². The summed E-state index contributed by atoms with van der Waals surface area (Å²) in [4.78, 5) is 31.5. The number of ketones is 1. The van der Waals surface area contributed by atoms with Gasteiger partial charge in [0.2, 0.25) is 0 Å². The molecule has 0 saturated carbocycles. The number of hydrogen-bond donors (Lipinski definition) is 1. The Morgan fingerprint density at radius 2 is 1.92 bits per heavy atom. The summed E-state index contributed by atoms with van der Waals surface area (Å²) in [6.45, 7) is 7.25. The van der Waals surface area contributed by atoms with Crippen molar-refractivity contribution in [2.24, 2.45) is 0 Å². The number of fused-ring (bicyclic) bond motifs is 1. The van der Waals surface area contributed by atoms with E-state index in [-0.39, 0.29) is 11.9 Å². The number of carbonyl (C=O) groups is 2. The van der Waals surface area contributed by atoms with Gasteiger partial charge in [0.1, 0.15) is 0 Å². The SMILES string of the molecule is CCOC(=O)N1CCN(CC(=O)c2c[nH]c3c(CC)cccc23)CC1. The summed E-state index contributed by atoms with van der Waals surface area (Å²) in [6.07, 6.45) is 2.49. The highest BCUT2D eigenvalue weighted by Crippen LogP contribution is 2.23. The lowest BCUT2D eigenvalue weighted by atomic mass is 10.0. The van der Waals surface area contributed by atoms with Crippen molar-refractivity contribution in [2.45, 2.75) is 20.3 Å². The maximum Gasteiger partial charge on any atom is 0.409 e. The van der Waals surface area contributed by atoms with E-state index >= 15 is 0 Å². The number of H-pyrrole nitrogens is 1. The fourth-order valence-electron chi connectivity index (χ4n) is 3.33. The number of piperazine rings is 1. The van der Waals surface area contributed by atoms with Crippen LogP contribution in [0.5, 0.6) is 0 Å². The minimum atomic E-state index is -0.266. The number of Topliss-reactive ketones (excluding diaryl/α,β-unsaturated/α-hetero) is 1. The summed E-state index contributed by atoms with van der Waals surface area (Å²) >= 11 is 0. The van der Waals surface area contributed by atoms with Gasteiger partial charge in [0.25, 0.3) is 0 Å². The summed E-state index contributed by atoms with van der Waals surface area (Å²) in [5.41, 5.74) is 3.03. The Morgan fingerprint density at radius 1 is 1.16 bits per heavy atom. The van der Waals surface area contributed by atoms with Gasteiger partial charge in [0.05, 0.1) is 13.2 Å². The van der Waals surface area contributed by atoms with Crippen LogP contribution in [0.15, 0.2) is 24.4 Å². The maximum atomic E-state index is 12.7. The number of nitrogens with zero attached hydrogens (tertiary/aromatic N) is 2. The Labute approximate surface area is 147 Å². The molecular weight excluding hydrogens is 318 g/mol. The van der Waals surface area contributed by atoms with Crippen molar-refractivity contribution in [3.05, 3.63) is 35.5 Å². The van der Waals surface area contributed by atoms with Crippen molar-refractivity contribution >= 4 is 22.8 Å². The zero-order valence-corrected chi connectivity index (χ0v) is 14.9. The molecule has 134 valence electrons. The van der Waals surface area contributed by atoms with Gasteiger partial charge in [-0.1, -0.05) is 25.1 Å². The van der Waals surface area contributed by atoms with Crippen LogP contribution in [-0.2, 0) is 11.2 Å². The first-order valence-electron chi connectivity index (χ1n) is 8.90. The molecule has 0 aliphatic carbocycles. The number of para-hydroxylation sites is 1. The Kier molecular flexibility index (Phi) is 5.38. The molecule has 1 N–H and O–H groups in total. The van der Waals surface area contributed by atoms with E-state index in [1.807, 2.05) is 18.3 Å². The molecule has 1 aliphatic rings. The zero-order valence-electron chi connectivity index (χ0n) is 14.9. The first kappa shape index (κ1) is 17.5. The number of aryl methyl sites for hydroxylation is 1. The summed E-state index contributed by atoms with van der Waals surface area (Å²) < 4.78 is 5.02. The molecule has 0 atom stereocenters. The molecule has 0 spiro atoms. The second-order valence-corrected chi connectivity index (χ2v) is 6.28. The van der Waals surface area contributed by atoms with Crippen molar-refractivity contribution in [1.82, 2.24) is 14.8 Å². The number of nitrogens with one attached hydrogen (secondary N) is 1. The Bertz CT molecular complexity index is 760. The van der Waals surface area contributed by atoms with E-state index in [4.69, 9.17) is 4.74 Å². The van der Waals surface area contributed by atoms with Crippen LogP contribution in [0.25, 0.3) is 10.9 Å². The third-order valence-corrected chi connectivity index (χ3v) is 4.75. The molecule has 2 aromatic rings. The van der Waals surface area contributed by atoms with Crippen LogP contribution in [0.3, 0.4) is 0 Å². The van der Waals surface area contributed by atoms with Crippen molar-refractivity contribution in [2.75, 3.05) is 39.3 Å². The summed E-state index contributed by atoms with van der Waals surface area (Å²) in [5.74, 6) is 0.115. The zero-order chi connectivity index (χ0) is 17.8. The highest BCUT2D eigenvalue weighted by Gasteiger charge is 2.24. The summed E-state index contributed by atoms with van der Waals surface area (Å²) in [5, 5.41) is 0.995. The molecule has 1 amide bonds. The molecule has 2 heterocycles. The monoisotopic (exact) mass is 343 g/mol. The predicted octanol–water partition coefficient (Wildman–Crippen LogP) is 2.69. The minimum absolute atomic E-state index is 0.115. The number of rotatable bonds is 5. The van der Waals surface area contributed by atoms with Crippen LogP contribution in [-0.4, -0.2) is 66.0 Å². The normalized spacial score (nSPS) is 15.5. The fraction of sp³-hybridized carbons (Fsp3) is 0.474. The van der Waals surface area contributed by atoms with Crippen molar-refractivity contribution < 1.29 is 14.3 Å². The average molecular weight is 343 g/mol. The summed E-state index contributed by atoms with van der Waals surface area (Å²) in [7, 11) is 0. The van der Waals surface area contributed by atoms with Gasteiger partial charge in [0.15, 0.2) is 5.78 Å². The molecule has 1 aliphatic heterocycles. The van der Waals surface area contributed by atoms with Gasteiger partial charge in [-0.15, -0.1) is 0 Å². The van der Waals surface area contributed by atoms with E-state index in [1.54, 1.807) is 11.8 Å². The van der Waals surface area contributed by atoms with Gasteiger partial charge >= 0.3 is 6.09 Å². The topological polar surface area (TPSA) is 65.6 Å². The number of ether oxygens (including phenoxy) is 1. The average Bonchev–Trinajstić information content (AvgIpc) is 3.06. The first-order valence-corrected chi connectivity index (χ1v) is 8.90. The Balaban J connectivity index is 1.63. The predicted molar refractivity (Wildman–Crippen MR) is 97.0 cm³/mol. The van der Waals surface area contributed by atoms with Gasteiger partial charge in [-0.25, -0.2) is 4.79 Å². The van der Waals surface area contributed by atoms with E-state index in [2.05, 4.69) is 22.9 Å². The number of aromatic nitrogens is 1. The second-order valence-electron chi connectivity index (χ2n) is 6.28. The van der Waals surface area contributed by atoms with Crippen LogP contribution in [0.4, 0.5) is 4.79 Å². The molecule has 0 unspecified atom stereocenters. The molecule has 0 bridgehead atoms. The third kappa shape index (κ3) is 3.69. The van der Waals surface area contributed by atoms with Gasteiger partial charge in [-0.05, 0) is 18.9 Å². The Morgan fingerprint density at radius 3 is 2.60 bits per heavy atom. The van der Waals surface area contributed by atoms with Crippen molar-refractivity contribution in [3.63, 3.8) is 0 Å². The lowest BCUT2D eigenvalue weighted by Gasteiger charge is -2.33. The van der Waals surface area contributed by atoms with Crippen LogP contribution < -0.4 is 0 Å². The minimum Gasteiger partial charge on any atom is -0.450 e. The molecule has 1 fully saturated rings. The number of carbonyl (C=O) groups excluding carboxylic acids is 2. The molecule has 3 rings (SSSR count). The lowest BCUT2D eigenvalue weighted by Crippen LogP contribution is -2.50. The quantitative estimate of drug-likeness (QED) is 0.848. The molecule has 6 heteroatoms. The van der Waals surface area contributed by atoms with E-state index in [1.165, 1.54) is 5.56 Å². The lowest BCUT2D eigenvalue weighted by molar-refractivity contribution is 0.0734. The smallest absolute Gasteiger partial charge is 0.409 e. The molecule has 1 aromatic carbocycles. The van der Waals surface area contributed by atoms with E-state index in [0.717, 1.165) is 22.9 Å². The second kappa shape index (κ2) is 7.70. The largest absolute Gasteiger partial charge is 0.450 e. The van der Waals surface area contributed by atoms with Crippen LogP contribution >= 0.6 is 0 Å². The highest BCUT2D eigenvalue weighted by molar-refractivity contribution is 6.09. The Hall–Kier alpha value is -2.34. The number of hydrogen-bond acceptors (Lipinski definition) is 4. The van der Waals surface area contributed by atoms with Gasteiger partial charge in [-0.3, -0.25) is 9.69 Å². The highest BCUT2D eigenvalue weighted by atomic mass is 16.6. The number of benzene rings is 1. The van der Waals surface area contributed by atoms with Crippen LogP contribution in [0.1, 0.15) is 29.8 Å². The van der Waals surface area contributed by atoms with E-state index < -0.39 is 0 Å². The van der Waals surface area contributed by atoms with Gasteiger partial charge in [-0.2, -0.15) is 0 Å². The summed E-state index contributed by atoms with van der Waals surface area (Å²) in [6, 6.07) is 6.09. The number of amides is 1. The van der Waals surface area contributed by atoms with Crippen LogP contribution in [0.2, 0.25) is 0 Å². The molecule has 6 nitrogen and oxygen atoms in total.